The van der Waals surface area contributed by atoms with Gasteiger partial charge in [-0.2, -0.15) is 0 Å². The molecule has 1 aromatic carbocycles. The van der Waals surface area contributed by atoms with E-state index < -0.39 is 0 Å². The van der Waals surface area contributed by atoms with Crippen LogP contribution in [-0.2, 0) is 6.54 Å². The number of hydrogen-bond donors (Lipinski definition) is 2. The van der Waals surface area contributed by atoms with Gasteiger partial charge >= 0.3 is 0 Å². The molecule has 20 heavy (non-hydrogen) atoms. The van der Waals surface area contributed by atoms with Crippen LogP contribution in [0.4, 0.5) is 0 Å². The monoisotopic (exact) mass is 267 g/mol. The summed E-state index contributed by atoms with van der Waals surface area (Å²) in [6.07, 6.45) is 4.97. The first-order valence-corrected chi connectivity index (χ1v) is 6.80. The number of nitrogens with zero attached hydrogens (tertiary/aromatic N) is 1. The summed E-state index contributed by atoms with van der Waals surface area (Å²) < 4.78 is 2.11. The second kappa shape index (κ2) is 5.65. The molecule has 2 aromatic heterocycles. The molecule has 0 saturated heterocycles. The number of fused-ring (bicyclic) bond motifs is 1. The van der Waals surface area contributed by atoms with E-state index in [1.54, 1.807) is 0 Å². The quantitative estimate of drug-likeness (QED) is 0.686. The maximum absolute atomic E-state index is 12.0. The summed E-state index contributed by atoms with van der Waals surface area (Å²) in [5.41, 5.74) is 1.61. The van der Waals surface area contributed by atoms with E-state index in [0.29, 0.717) is 12.2 Å². The van der Waals surface area contributed by atoms with E-state index in [2.05, 4.69) is 14.9 Å². The number of rotatable bonds is 5. The predicted octanol–water partition coefficient (Wildman–Crippen LogP) is 2.79. The second-order valence-electron chi connectivity index (χ2n) is 4.80. The van der Waals surface area contributed by atoms with E-state index in [1.165, 1.54) is 0 Å². The number of nitrogens with one attached hydrogen (secondary N) is 2. The first kappa shape index (κ1) is 12.5. The van der Waals surface area contributed by atoms with Crippen molar-refractivity contribution in [3.8, 4) is 0 Å². The van der Waals surface area contributed by atoms with Crippen molar-refractivity contribution in [2.24, 2.45) is 0 Å². The molecule has 3 aromatic rings. The summed E-state index contributed by atoms with van der Waals surface area (Å²) in [6, 6.07) is 13.8. The lowest BCUT2D eigenvalue weighted by Crippen LogP contribution is -2.25. The lowest BCUT2D eigenvalue weighted by molar-refractivity contribution is 0.0948. The third-order valence-electron chi connectivity index (χ3n) is 3.32. The van der Waals surface area contributed by atoms with Gasteiger partial charge in [0, 0.05) is 36.4 Å². The molecule has 3 rings (SSSR count). The van der Waals surface area contributed by atoms with Crippen molar-refractivity contribution < 1.29 is 4.79 Å². The van der Waals surface area contributed by atoms with Gasteiger partial charge < -0.3 is 14.9 Å². The number of aromatic amines is 1. The Morgan fingerprint density at radius 1 is 1.15 bits per heavy atom. The Kier molecular flexibility index (Phi) is 3.54. The van der Waals surface area contributed by atoms with Crippen LogP contribution in [0.5, 0.6) is 0 Å². The zero-order chi connectivity index (χ0) is 13.8. The van der Waals surface area contributed by atoms with Crippen LogP contribution in [-0.4, -0.2) is 22.0 Å². The molecule has 0 radical (unpaired) electrons. The molecular weight excluding hydrogens is 250 g/mol. The van der Waals surface area contributed by atoms with Gasteiger partial charge in [-0.1, -0.05) is 18.2 Å². The maximum atomic E-state index is 12.0. The van der Waals surface area contributed by atoms with E-state index >= 15 is 0 Å². The average Bonchev–Trinajstić information content (AvgIpc) is 3.12. The molecule has 0 aliphatic heterocycles. The van der Waals surface area contributed by atoms with E-state index in [-0.39, 0.29) is 5.91 Å². The number of hydrogen-bond acceptors (Lipinski definition) is 1. The number of amides is 1. The van der Waals surface area contributed by atoms with Gasteiger partial charge in [-0.25, -0.2) is 0 Å². The topological polar surface area (TPSA) is 49.8 Å². The molecule has 0 aliphatic rings. The van der Waals surface area contributed by atoms with Gasteiger partial charge in [0.25, 0.3) is 5.91 Å². The van der Waals surface area contributed by atoms with Crippen LogP contribution < -0.4 is 5.32 Å². The van der Waals surface area contributed by atoms with Crippen LogP contribution in [0.3, 0.4) is 0 Å². The predicted molar refractivity (Wildman–Crippen MR) is 79.7 cm³/mol. The highest BCUT2D eigenvalue weighted by atomic mass is 16.1. The van der Waals surface area contributed by atoms with E-state index in [4.69, 9.17) is 0 Å². The number of aryl methyl sites for hydroxylation is 1. The first-order valence-electron chi connectivity index (χ1n) is 6.80. The van der Waals surface area contributed by atoms with E-state index in [9.17, 15) is 4.79 Å². The van der Waals surface area contributed by atoms with Crippen molar-refractivity contribution in [1.29, 1.82) is 0 Å². The zero-order valence-electron chi connectivity index (χ0n) is 11.2. The molecule has 102 valence electrons. The Hall–Kier alpha value is -2.49. The Balaban J connectivity index is 1.53. The lowest BCUT2D eigenvalue weighted by Gasteiger charge is -2.04. The van der Waals surface area contributed by atoms with Crippen LogP contribution >= 0.6 is 0 Å². The minimum Gasteiger partial charge on any atom is -0.354 e. The number of benzene rings is 1. The van der Waals surface area contributed by atoms with Gasteiger partial charge in [-0.3, -0.25) is 4.79 Å². The molecule has 0 spiro atoms. The number of carbonyl (C=O) groups excluding carboxylic acids is 1. The summed E-state index contributed by atoms with van der Waals surface area (Å²) in [4.78, 5) is 15.2. The average molecular weight is 267 g/mol. The highest BCUT2D eigenvalue weighted by Crippen LogP contribution is 2.14. The van der Waals surface area contributed by atoms with Gasteiger partial charge in [0.05, 0.1) is 0 Å². The van der Waals surface area contributed by atoms with Crippen molar-refractivity contribution in [3.63, 3.8) is 0 Å². The molecule has 0 saturated carbocycles. The van der Waals surface area contributed by atoms with E-state index in [0.717, 1.165) is 23.9 Å². The SMILES string of the molecule is O=C(NCCCn1cccc1)c1cc2ccccc2[nH]1. The van der Waals surface area contributed by atoms with Crippen molar-refractivity contribution in [2.45, 2.75) is 13.0 Å². The molecule has 4 heteroatoms. The van der Waals surface area contributed by atoms with E-state index in [1.807, 2.05) is 54.9 Å². The van der Waals surface area contributed by atoms with Crippen LogP contribution in [0.25, 0.3) is 10.9 Å². The largest absolute Gasteiger partial charge is 0.354 e. The Morgan fingerprint density at radius 3 is 2.75 bits per heavy atom. The molecule has 0 fully saturated rings. The highest BCUT2D eigenvalue weighted by Gasteiger charge is 2.08. The fourth-order valence-corrected chi connectivity index (χ4v) is 2.27. The Labute approximate surface area is 117 Å². The first-order chi connectivity index (χ1) is 9.83. The summed E-state index contributed by atoms with van der Waals surface area (Å²) in [7, 11) is 0. The third-order valence-corrected chi connectivity index (χ3v) is 3.32. The Bertz CT molecular complexity index is 664. The summed E-state index contributed by atoms with van der Waals surface area (Å²) >= 11 is 0. The molecular formula is C16H17N3O. The third kappa shape index (κ3) is 2.74. The fourth-order valence-electron chi connectivity index (χ4n) is 2.27. The molecule has 0 unspecified atom stereocenters. The number of aromatic nitrogens is 2. The van der Waals surface area contributed by atoms with Gasteiger partial charge in [-0.15, -0.1) is 0 Å². The number of carbonyl (C=O) groups is 1. The fraction of sp³-hybridized carbons (Fsp3) is 0.188. The minimum absolute atomic E-state index is 0.0475. The van der Waals surface area contributed by atoms with Crippen molar-refractivity contribution in [2.75, 3.05) is 6.54 Å². The van der Waals surface area contributed by atoms with Crippen LogP contribution in [0.1, 0.15) is 16.9 Å². The van der Waals surface area contributed by atoms with Crippen LogP contribution in [0.2, 0.25) is 0 Å². The second-order valence-corrected chi connectivity index (χ2v) is 4.80. The van der Waals surface area contributed by atoms with Crippen LogP contribution in [0, 0.1) is 0 Å². The van der Waals surface area contributed by atoms with Crippen molar-refractivity contribution in [3.05, 3.63) is 60.6 Å². The van der Waals surface area contributed by atoms with Gasteiger partial charge in [0.2, 0.25) is 0 Å². The summed E-state index contributed by atoms with van der Waals surface area (Å²) in [6.45, 7) is 1.59. The molecule has 0 bridgehead atoms. The van der Waals surface area contributed by atoms with Gasteiger partial charge in [0.1, 0.15) is 5.69 Å². The normalized spacial score (nSPS) is 10.8. The summed E-state index contributed by atoms with van der Waals surface area (Å²) in [5.74, 6) is -0.0475. The molecule has 0 aliphatic carbocycles. The molecule has 2 N–H and O–H groups in total. The van der Waals surface area contributed by atoms with Crippen LogP contribution in [0.15, 0.2) is 54.9 Å². The smallest absolute Gasteiger partial charge is 0.267 e. The van der Waals surface area contributed by atoms with Gasteiger partial charge in [-0.05, 0) is 30.7 Å². The Morgan fingerprint density at radius 2 is 1.95 bits per heavy atom. The number of para-hydroxylation sites is 1. The minimum atomic E-state index is -0.0475. The zero-order valence-corrected chi connectivity index (χ0v) is 11.2. The molecule has 0 atom stereocenters. The highest BCUT2D eigenvalue weighted by molar-refractivity contribution is 5.97. The standard InChI is InChI=1S/C16H17N3O/c20-16(17-8-5-11-19-9-3-4-10-19)15-12-13-6-1-2-7-14(13)18-15/h1-4,6-7,9-10,12,18H,5,8,11H2,(H,17,20). The lowest BCUT2D eigenvalue weighted by atomic mass is 10.2. The summed E-state index contributed by atoms with van der Waals surface area (Å²) in [5, 5.41) is 4.00. The van der Waals surface area contributed by atoms with Crippen molar-refractivity contribution >= 4 is 16.8 Å². The molecule has 4 nitrogen and oxygen atoms in total. The van der Waals surface area contributed by atoms with Gasteiger partial charge in [0.15, 0.2) is 0 Å². The molecule has 2 heterocycles. The maximum Gasteiger partial charge on any atom is 0.267 e. The van der Waals surface area contributed by atoms with Crippen molar-refractivity contribution in [1.82, 2.24) is 14.9 Å². The molecule has 1 amide bonds. The number of H-pyrrole nitrogens is 1.